The minimum absolute atomic E-state index is 0.129. The number of aryl methyl sites for hydroxylation is 1. The highest BCUT2D eigenvalue weighted by atomic mass is 35.5. The Kier molecular flexibility index (Phi) is 6.21. The first-order valence-electron chi connectivity index (χ1n) is 8.60. The molecule has 0 fully saturated rings. The van der Waals surface area contributed by atoms with Gasteiger partial charge >= 0.3 is 6.01 Å². The van der Waals surface area contributed by atoms with Gasteiger partial charge < -0.3 is 9.47 Å². The molecule has 0 atom stereocenters. The highest BCUT2D eigenvalue weighted by molar-refractivity contribution is 6.30. The molecular formula is C20H20ClN3O3. The molecule has 0 unspecified atom stereocenters. The molecule has 0 spiro atoms. The molecular weight excluding hydrogens is 366 g/mol. The van der Waals surface area contributed by atoms with Crippen molar-refractivity contribution in [3.63, 3.8) is 0 Å². The average Bonchev–Trinajstić information content (AvgIpc) is 3.12. The van der Waals surface area contributed by atoms with Gasteiger partial charge in [0.1, 0.15) is 6.61 Å². The molecule has 2 aromatic carbocycles. The number of carbonyl (C=O) groups is 1. The molecule has 140 valence electrons. The normalized spacial score (nSPS) is 10.8. The largest absolute Gasteiger partial charge is 0.460 e. The number of methoxy groups -OCH3 is 1. The van der Waals surface area contributed by atoms with Crippen molar-refractivity contribution in [2.45, 2.75) is 13.3 Å². The van der Waals surface area contributed by atoms with E-state index in [1.54, 1.807) is 31.4 Å². The van der Waals surface area contributed by atoms with Crippen molar-refractivity contribution in [2.75, 3.05) is 20.3 Å². The summed E-state index contributed by atoms with van der Waals surface area (Å²) in [5.41, 5.74) is 2.44. The maximum Gasteiger partial charge on any atom is 0.336 e. The molecule has 0 bridgehead atoms. The van der Waals surface area contributed by atoms with Gasteiger partial charge in [-0.25, -0.2) is 0 Å². The summed E-state index contributed by atoms with van der Waals surface area (Å²) in [7, 11) is 1.58. The summed E-state index contributed by atoms with van der Waals surface area (Å²) in [4.78, 5) is 17.4. The molecule has 0 aliphatic rings. The van der Waals surface area contributed by atoms with Crippen LogP contribution in [0.5, 0.6) is 6.01 Å². The lowest BCUT2D eigenvalue weighted by Gasteiger charge is -2.05. The highest BCUT2D eigenvalue weighted by Gasteiger charge is 2.20. The van der Waals surface area contributed by atoms with Crippen LogP contribution in [0.15, 0.2) is 48.5 Å². The number of halogens is 1. The lowest BCUT2D eigenvalue weighted by atomic mass is 10.1. The maximum absolute atomic E-state index is 13.0. The van der Waals surface area contributed by atoms with Crippen LogP contribution in [-0.2, 0) is 11.2 Å². The first-order chi connectivity index (χ1) is 13.1. The Hall–Kier alpha value is -2.70. The van der Waals surface area contributed by atoms with Gasteiger partial charge in [0, 0.05) is 23.3 Å². The van der Waals surface area contributed by atoms with Crippen molar-refractivity contribution in [3.8, 4) is 17.4 Å². The van der Waals surface area contributed by atoms with E-state index in [2.05, 4.69) is 17.0 Å². The van der Waals surface area contributed by atoms with Crippen molar-refractivity contribution in [2.24, 2.45) is 0 Å². The van der Waals surface area contributed by atoms with Crippen molar-refractivity contribution in [1.82, 2.24) is 14.8 Å². The van der Waals surface area contributed by atoms with Gasteiger partial charge in [-0.1, -0.05) is 42.8 Å². The second kappa shape index (κ2) is 8.79. The van der Waals surface area contributed by atoms with Crippen molar-refractivity contribution in [3.05, 3.63) is 64.7 Å². The van der Waals surface area contributed by atoms with Gasteiger partial charge in [0.25, 0.3) is 5.91 Å². The fraction of sp³-hybridized carbons (Fsp3) is 0.250. The van der Waals surface area contributed by atoms with Crippen LogP contribution in [-0.4, -0.2) is 41.0 Å². The summed E-state index contributed by atoms with van der Waals surface area (Å²) >= 11 is 5.92. The van der Waals surface area contributed by atoms with Crippen LogP contribution in [0.1, 0.15) is 22.8 Å². The van der Waals surface area contributed by atoms with Gasteiger partial charge in [0.15, 0.2) is 5.82 Å². The number of carbonyl (C=O) groups excluding carboxylic acids is 1. The third-order valence-electron chi connectivity index (χ3n) is 4.01. The molecule has 1 aromatic heterocycles. The summed E-state index contributed by atoms with van der Waals surface area (Å²) in [6.45, 7) is 2.79. The number of benzene rings is 2. The van der Waals surface area contributed by atoms with Crippen LogP contribution in [0.4, 0.5) is 0 Å². The summed E-state index contributed by atoms with van der Waals surface area (Å²) in [5.74, 6) is 0.111. The van der Waals surface area contributed by atoms with Crippen LogP contribution in [0.2, 0.25) is 5.02 Å². The van der Waals surface area contributed by atoms with Crippen molar-refractivity contribution in [1.29, 1.82) is 0 Å². The number of aromatic nitrogens is 3. The van der Waals surface area contributed by atoms with E-state index in [9.17, 15) is 4.79 Å². The number of nitrogens with zero attached hydrogens (tertiary/aromatic N) is 3. The van der Waals surface area contributed by atoms with Crippen LogP contribution >= 0.6 is 11.6 Å². The van der Waals surface area contributed by atoms with Crippen LogP contribution in [0.25, 0.3) is 11.4 Å². The van der Waals surface area contributed by atoms with E-state index >= 15 is 0 Å². The SMILES string of the molecule is CCc1ccc(-c2nc(OCCOC)nn2C(=O)c2ccc(Cl)cc2)cc1. The molecule has 0 amide bonds. The fourth-order valence-electron chi connectivity index (χ4n) is 2.50. The van der Waals surface area contributed by atoms with Crippen LogP contribution in [0.3, 0.4) is 0 Å². The van der Waals surface area contributed by atoms with Crippen LogP contribution in [0, 0.1) is 0 Å². The van der Waals surface area contributed by atoms with E-state index in [-0.39, 0.29) is 11.9 Å². The Morgan fingerprint density at radius 1 is 1.07 bits per heavy atom. The molecule has 0 saturated carbocycles. The quantitative estimate of drug-likeness (QED) is 0.577. The standard InChI is InChI=1S/C20H20ClN3O3/c1-3-14-4-6-15(7-5-14)18-22-20(27-13-12-26-2)23-24(18)19(25)16-8-10-17(21)11-9-16/h4-11H,3,12-13H2,1-2H3. The first kappa shape index (κ1) is 19.1. The Balaban J connectivity index is 1.98. The zero-order chi connectivity index (χ0) is 19.2. The number of ether oxygens (including phenoxy) is 2. The lowest BCUT2D eigenvalue weighted by molar-refractivity contribution is 0.0943. The Morgan fingerprint density at radius 3 is 2.41 bits per heavy atom. The molecule has 6 nitrogen and oxygen atoms in total. The topological polar surface area (TPSA) is 66.2 Å². The van der Waals surface area contributed by atoms with E-state index < -0.39 is 0 Å². The summed E-state index contributed by atoms with van der Waals surface area (Å²) in [6, 6.07) is 14.6. The average molecular weight is 386 g/mol. The van der Waals surface area contributed by atoms with Gasteiger partial charge in [-0.15, -0.1) is 5.10 Å². The molecule has 0 radical (unpaired) electrons. The van der Waals surface area contributed by atoms with Crippen molar-refractivity contribution >= 4 is 17.5 Å². The third kappa shape index (κ3) is 4.53. The molecule has 3 rings (SSSR count). The highest BCUT2D eigenvalue weighted by Crippen LogP contribution is 2.22. The fourth-order valence-corrected chi connectivity index (χ4v) is 2.63. The number of rotatable bonds is 7. The predicted octanol–water partition coefficient (Wildman–Crippen LogP) is 3.87. The second-order valence-corrected chi connectivity index (χ2v) is 6.27. The maximum atomic E-state index is 13.0. The molecule has 0 aliphatic heterocycles. The molecule has 1 heterocycles. The van der Waals surface area contributed by atoms with Gasteiger partial charge in [-0.3, -0.25) is 4.79 Å². The Bertz CT molecular complexity index is 905. The van der Waals surface area contributed by atoms with Gasteiger partial charge in [-0.05, 0) is 36.2 Å². The van der Waals surface area contributed by atoms with E-state index in [1.807, 2.05) is 24.3 Å². The third-order valence-corrected chi connectivity index (χ3v) is 4.26. The molecule has 0 saturated heterocycles. The minimum Gasteiger partial charge on any atom is -0.460 e. The minimum atomic E-state index is -0.310. The summed E-state index contributed by atoms with van der Waals surface area (Å²) in [6.07, 6.45) is 0.933. The van der Waals surface area contributed by atoms with Gasteiger partial charge in [0.05, 0.1) is 6.61 Å². The number of hydrogen-bond acceptors (Lipinski definition) is 5. The summed E-state index contributed by atoms with van der Waals surface area (Å²) < 4.78 is 11.7. The number of hydrogen-bond donors (Lipinski definition) is 0. The van der Waals surface area contributed by atoms with Gasteiger partial charge in [-0.2, -0.15) is 9.67 Å². The first-order valence-corrected chi connectivity index (χ1v) is 8.98. The van der Waals surface area contributed by atoms with E-state index in [0.717, 1.165) is 12.0 Å². The molecule has 0 N–H and O–H groups in total. The summed E-state index contributed by atoms with van der Waals surface area (Å²) in [5, 5.41) is 4.80. The monoisotopic (exact) mass is 385 g/mol. The Labute approximate surface area is 162 Å². The smallest absolute Gasteiger partial charge is 0.336 e. The van der Waals surface area contributed by atoms with Crippen molar-refractivity contribution < 1.29 is 14.3 Å². The van der Waals surface area contributed by atoms with E-state index in [4.69, 9.17) is 21.1 Å². The van der Waals surface area contributed by atoms with E-state index in [0.29, 0.717) is 29.6 Å². The molecule has 27 heavy (non-hydrogen) atoms. The molecule has 3 aromatic rings. The second-order valence-electron chi connectivity index (χ2n) is 5.83. The molecule has 0 aliphatic carbocycles. The zero-order valence-corrected chi connectivity index (χ0v) is 15.9. The van der Waals surface area contributed by atoms with Gasteiger partial charge in [0.2, 0.25) is 0 Å². The molecule has 7 heteroatoms. The lowest BCUT2D eigenvalue weighted by Crippen LogP contribution is -2.15. The van der Waals surface area contributed by atoms with Crippen LogP contribution < -0.4 is 4.74 Å². The predicted molar refractivity (Wildman–Crippen MR) is 103 cm³/mol. The zero-order valence-electron chi connectivity index (χ0n) is 15.2. The Morgan fingerprint density at radius 2 is 1.78 bits per heavy atom. The van der Waals surface area contributed by atoms with E-state index in [1.165, 1.54) is 10.2 Å².